The number of rotatable bonds is 2. The number of piperidine rings is 1. The third-order valence-electron chi connectivity index (χ3n) is 3.89. The van der Waals surface area contributed by atoms with Crippen molar-refractivity contribution < 1.29 is 8.42 Å². The van der Waals surface area contributed by atoms with Gasteiger partial charge in [0, 0.05) is 28.9 Å². The lowest BCUT2D eigenvalue weighted by Gasteiger charge is -2.41. The molecule has 1 aliphatic rings. The van der Waals surface area contributed by atoms with Gasteiger partial charge in [-0.1, -0.05) is 13.8 Å². The van der Waals surface area contributed by atoms with Crippen LogP contribution < -0.4 is 5.73 Å². The maximum atomic E-state index is 12.7. The van der Waals surface area contributed by atoms with E-state index < -0.39 is 10.0 Å². The third-order valence-corrected chi connectivity index (χ3v) is 6.96. The van der Waals surface area contributed by atoms with Crippen LogP contribution in [0.25, 0.3) is 0 Å². The van der Waals surface area contributed by atoms with Crippen molar-refractivity contribution >= 4 is 21.4 Å². The van der Waals surface area contributed by atoms with E-state index >= 15 is 0 Å². The van der Waals surface area contributed by atoms with Gasteiger partial charge in [0.1, 0.15) is 0 Å². The summed E-state index contributed by atoms with van der Waals surface area (Å²) in [7, 11) is -3.38. The van der Waals surface area contributed by atoms with Crippen molar-refractivity contribution in [1.82, 2.24) is 4.31 Å². The van der Waals surface area contributed by atoms with E-state index in [9.17, 15) is 8.42 Å². The van der Waals surface area contributed by atoms with Gasteiger partial charge in [-0.05, 0) is 31.7 Å². The van der Waals surface area contributed by atoms with Gasteiger partial charge in [-0.15, -0.1) is 11.3 Å². The summed E-state index contributed by atoms with van der Waals surface area (Å²) in [6.07, 6.45) is 0.717. The lowest BCUT2D eigenvalue weighted by Crippen LogP contribution is -2.53. The average Bonchev–Trinajstić information content (AvgIpc) is 2.62. The van der Waals surface area contributed by atoms with Gasteiger partial charge in [0.2, 0.25) is 10.0 Å². The van der Waals surface area contributed by atoms with Crippen molar-refractivity contribution in [3.8, 4) is 0 Å². The van der Waals surface area contributed by atoms with E-state index in [0.29, 0.717) is 24.4 Å². The minimum Gasteiger partial charge on any atom is -0.327 e. The highest BCUT2D eigenvalue weighted by Gasteiger charge is 2.39. The molecule has 1 aliphatic heterocycles. The molecule has 1 fully saturated rings. The molecule has 0 amide bonds. The van der Waals surface area contributed by atoms with Gasteiger partial charge < -0.3 is 5.73 Å². The quantitative estimate of drug-likeness (QED) is 0.910. The Morgan fingerprint density at radius 1 is 1.42 bits per heavy atom. The molecule has 1 atom stereocenters. The van der Waals surface area contributed by atoms with E-state index in [-0.39, 0.29) is 11.5 Å². The molecule has 19 heavy (non-hydrogen) atoms. The number of nitrogens with zero attached hydrogens (tertiary/aromatic N) is 1. The molecule has 0 aliphatic carbocycles. The van der Waals surface area contributed by atoms with Crippen molar-refractivity contribution in [3.05, 3.63) is 15.8 Å². The van der Waals surface area contributed by atoms with Crippen molar-refractivity contribution in [2.45, 2.75) is 45.1 Å². The SMILES string of the molecule is Cc1cc(S(=O)(=O)N2CCC(N)C(C)(C)C2)c(C)s1. The molecule has 6 heteroatoms. The van der Waals surface area contributed by atoms with Crippen LogP contribution in [-0.4, -0.2) is 31.9 Å². The van der Waals surface area contributed by atoms with Crippen LogP contribution in [0.15, 0.2) is 11.0 Å². The van der Waals surface area contributed by atoms with Crippen LogP contribution in [0.1, 0.15) is 30.0 Å². The van der Waals surface area contributed by atoms with E-state index in [2.05, 4.69) is 0 Å². The number of hydrogen-bond acceptors (Lipinski definition) is 4. The van der Waals surface area contributed by atoms with Gasteiger partial charge in [-0.3, -0.25) is 0 Å². The Morgan fingerprint density at radius 3 is 2.53 bits per heavy atom. The van der Waals surface area contributed by atoms with Gasteiger partial charge in [0.25, 0.3) is 0 Å². The van der Waals surface area contributed by atoms with Gasteiger partial charge in [0.05, 0.1) is 4.90 Å². The second kappa shape index (κ2) is 4.84. The first-order valence-electron chi connectivity index (χ1n) is 6.47. The Morgan fingerprint density at radius 2 is 2.05 bits per heavy atom. The summed E-state index contributed by atoms with van der Waals surface area (Å²) in [5, 5.41) is 0. The maximum absolute atomic E-state index is 12.7. The van der Waals surface area contributed by atoms with Gasteiger partial charge in [0.15, 0.2) is 0 Å². The minimum atomic E-state index is -3.38. The minimum absolute atomic E-state index is 0.0595. The average molecular weight is 302 g/mol. The van der Waals surface area contributed by atoms with E-state index in [4.69, 9.17) is 5.73 Å². The second-order valence-corrected chi connectivity index (χ2v) is 9.37. The molecular weight excluding hydrogens is 280 g/mol. The molecule has 1 aromatic heterocycles. The van der Waals surface area contributed by atoms with Crippen LogP contribution in [0.2, 0.25) is 0 Å². The predicted molar refractivity (Wildman–Crippen MR) is 78.9 cm³/mol. The fourth-order valence-electron chi connectivity index (χ4n) is 2.53. The Kier molecular flexibility index (Phi) is 3.81. The number of hydrogen-bond donors (Lipinski definition) is 1. The third kappa shape index (κ3) is 2.72. The van der Waals surface area contributed by atoms with Crippen LogP contribution in [-0.2, 0) is 10.0 Å². The number of thiophene rings is 1. The smallest absolute Gasteiger partial charge is 0.244 e. The molecule has 2 heterocycles. The van der Waals surface area contributed by atoms with E-state index in [1.165, 1.54) is 11.3 Å². The van der Waals surface area contributed by atoms with Gasteiger partial charge in [-0.25, -0.2) is 8.42 Å². The van der Waals surface area contributed by atoms with E-state index in [1.807, 2.05) is 27.7 Å². The number of nitrogens with two attached hydrogens (primary N) is 1. The van der Waals surface area contributed by atoms with E-state index in [0.717, 1.165) is 9.75 Å². The second-order valence-electron chi connectivity index (χ2n) is 6.00. The van der Waals surface area contributed by atoms with Crippen LogP contribution in [0.4, 0.5) is 0 Å². The lowest BCUT2D eigenvalue weighted by atomic mass is 9.81. The first-order valence-corrected chi connectivity index (χ1v) is 8.73. The summed E-state index contributed by atoms with van der Waals surface area (Å²) < 4.78 is 27.0. The van der Waals surface area contributed by atoms with Crippen LogP contribution >= 0.6 is 11.3 Å². The Bertz CT molecular complexity index is 575. The van der Waals surface area contributed by atoms with Crippen molar-refractivity contribution in [1.29, 1.82) is 0 Å². The lowest BCUT2D eigenvalue weighted by molar-refractivity contribution is 0.155. The predicted octanol–water partition coefficient (Wildman–Crippen LogP) is 2.11. The van der Waals surface area contributed by atoms with Gasteiger partial charge in [-0.2, -0.15) is 4.31 Å². The fourth-order valence-corrected chi connectivity index (χ4v) is 5.68. The fraction of sp³-hybridized carbons (Fsp3) is 0.692. The molecule has 1 aromatic rings. The molecule has 0 radical (unpaired) electrons. The molecule has 4 nitrogen and oxygen atoms in total. The molecule has 0 saturated carbocycles. The topological polar surface area (TPSA) is 63.4 Å². The molecular formula is C13H22N2O2S2. The zero-order valence-electron chi connectivity index (χ0n) is 11.9. The molecule has 1 unspecified atom stereocenters. The molecule has 1 saturated heterocycles. The van der Waals surface area contributed by atoms with Gasteiger partial charge >= 0.3 is 0 Å². The maximum Gasteiger partial charge on any atom is 0.244 e. The van der Waals surface area contributed by atoms with E-state index in [1.54, 1.807) is 10.4 Å². The Hall–Kier alpha value is -0.430. The summed E-state index contributed by atoms with van der Waals surface area (Å²) in [4.78, 5) is 2.36. The first kappa shape index (κ1) is 15.0. The zero-order valence-corrected chi connectivity index (χ0v) is 13.6. The Labute approximate surface area is 119 Å². The summed E-state index contributed by atoms with van der Waals surface area (Å²) in [6, 6.07) is 1.83. The molecule has 2 N–H and O–H groups in total. The largest absolute Gasteiger partial charge is 0.327 e. The monoisotopic (exact) mass is 302 g/mol. The van der Waals surface area contributed by atoms with Crippen LogP contribution in [0.5, 0.6) is 0 Å². The molecule has 108 valence electrons. The number of aryl methyl sites for hydroxylation is 2. The normalized spacial score (nSPS) is 24.6. The summed E-state index contributed by atoms with van der Waals surface area (Å²) in [5.41, 5.74) is 5.89. The summed E-state index contributed by atoms with van der Waals surface area (Å²) in [6.45, 7) is 8.88. The zero-order chi connectivity index (χ0) is 14.4. The highest BCUT2D eigenvalue weighted by atomic mass is 32.2. The van der Waals surface area contributed by atoms with Crippen molar-refractivity contribution in [2.75, 3.05) is 13.1 Å². The molecule has 2 rings (SSSR count). The Balaban J connectivity index is 2.34. The van der Waals surface area contributed by atoms with Crippen LogP contribution in [0.3, 0.4) is 0 Å². The highest BCUT2D eigenvalue weighted by molar-refractivity contribution is 7.89. The van der Waals surface area contributed by atoms with Crippen LogP contribution in [0, 0.1) is 19.3 Å². The standard InChI is InChI=1S/C13H22N2O2S2/c1-9-7-11(10(2)18-9)19(16,17)15-6-5-12(14)13(3,4)8-15/h7,12H,5-6,8,14H2,1-4H3. The molecule has 0 spiro atoms. The summed E-state index contributed by atoms with van der Waals surface area (Å²) >= 11 is 1.53. The summed E-state index contributed by atoms with van der Waals surface area (Å²) in [5.74, 6) is 0. The molecule has 0 bridgehead atoms. The number of sulfonamides is 1. The molecule has 0 aromatic carbocycles. The first-order chi connectivity index (χ1) is 8.64. The van der Waals surface area contributed by atoms with Crippen molar-refractivity contribution in [3.63, 3.8) is 0 Å². The highest BCUT2D eigenvalue weighted by Crippen LogP contribution is 2.33. The van der Waals surface area contributed by atoms with Crippen molar-refractivity contribution in [2.24, 2.45) is 11.1 Å².